The van der Waals surface area contributed by atoms with Gasteiger partial charge >= 0.3 is 0 Å². The molecule has 0 aliphatic carbocycles. The molecule has 0 spiro atoms. The predicted octanol–water partition coefficient (Wildman–Crippen LogP) is 2.45. The molecule has 0 saturated heterocycles. The highest BCUT2D eigenvalue weighted by molar-refractivity contribution is 9.11. The number of rotatable bonds is 1. The van der Waals surface area contributed by atoms with Gasteiger partial charge in [-0.1, -0.05) is 15.9 Å². The van der Waals surface area contributed by atoms with Crippen molar-refractivity contribution in [3.8, 4) is 6.07 Å². The lowest BCUT2D eigenvalue weighted by atomic mass is 10.2. The van der Waals surface area contributed by atoms with Gasteiger partial charge in [-0.3, -0.25) is 9.36 Å². The van der Waals surface area contributed by atoms with Gasteiger partial charge in [-0.2, -0.15) is 5.26 Å². The minimum absolute atomic E-state index is 0.00586. The van der Waals surface area contributed by atoms with E-state index in [4.69, 9.17) is 5.26 Å². The number of nitriles is 1. The molecule has 16 heavy (non-hydrogen) atoms. The maximum atomic E-state index is 12.0. The van der Waals surface area contributed by atoms with Gasteiger partial charge in [-0.15, -0.1) is 0 Å². The SMILES string of the molecule is N#CCn1cnc2c(Br)cc(Br)cc2c1=O. The Bertz CT molecular complexity index is 657. The lowest BCUT2D eigenvalue weighted by Crippen LogP contribution is -2.20. The zero-order valence-corrected chi connectivity index (χ0v) is 11.1. The van der Waals surface area contributed by atoms with Crippen molar-refractivity contribution >= 4 is 42.8 Å². The second-order valence-electron chi connectivity index (χ2n) is 3.12. The van der Waals surface area contributed by atoms with Crippen LogP contribution < -0.4 is 5.56 Å². The molecule has 6 heteroatoms. The Kier molecular flexibility index (Phi) is 3.08. The van der Waals surface area contributed by atoms with Gasteiger partial charge in [0.25, 0.3) is 5.56 Å². The smallest absolute Gasteiger partial charge is 0.262 e. The van der Waals surface area contributed by atoms with Crippen LogP contribution in [0.2, 0.25) is 0 Å². The number of aromatic nitrogens is 2. The molecular weight excluding hydrogens is 338 g/mol. The first-order chi connectivity index (χ1) is 7.63. The van der Waals surface area contributed by atoms with Crippen molar-refractivity contribution in [3.05, 3.63) is 37.8 Å². The molecule has 0 radical (unpaired) electrons. The molecule has 0 N–H and O–H groups in total. The Labute approximate surface area is 108 Å². The van der Waals surface area contributed by atoms with Crippen LogP contribution in [0.25, 0.3) is 10.9 Å². The summed E-state index contributed by atoms with van der Waals surface area (Å²) in [7, 11) is 0. The van der Waals surface area contributed by atoms with Crippen molar-refractivity contribution in [1.29, 1.82) is 5.26 Å². The second-order valence-corrected chi connectivity index (χ2v) is 4.89. The fourth-order valence-electron chi connectivity index (χ4n) is 1.38. The molecule has 0 aliphatic rings. The van der Waals surface area contributed by atoms with Crippen molar-refractivity contribution in [3.63, 3.8) is 0 Å². The number of benzene rings is 1. The van der Waals surface area contributed by atoms with E-state index in [1.54, 1.807) is 6.07 Å². The van der Waals surface area contributed by atoms with Crippen LogP contribution in [0.5, 0.6) is 0 Å². The molecule has 0 fully saturated rings. The first kappa shape index (κ1) is 11.3. The number of hydrogen-bond donors (Lipinski definition) is 0. The third-order valence-electron chi connectivity index (χ3n) is 2.09. The average molecular weight is 343 g/mol. The van der Waals surface area contributed by atoms with Crippen molar-refractivity contribution in [2.75, 3.05) is 0 Å². The van der Waals surface area contributed by atoms with Gasteiger partial charge in [0.2, 0.25) is 0 Å². The van der Waals surface area contributed by atoms with E-state index in [0.29, 0.717) is 10.9 Å². The largest absolute Gasteiger partial charge is 0.285 e. The molecule has 1 aromatic heterocycles. The highest BCUT2D eigenvalue weighted by Gasteiger charge is 2.07. The van der Waals surface area contributed by atoms with Crippen molar-refractivity contribution in [2.24, 2.45) is 0 Å². The lowest BCUT2D eigenvalue weighted by Gasteiger charge is -2.04. The van der Waals surface area contributed by atoms with E-state index in [1.165, 1.54) is 10.9 Å². The molecule has 2 rings (SSSR count). The van der Waals surface area contributed by atoms with Gasteiger partial charge in [0, 0.05) is 8.95 Å². The monoisotopic (exact) mass is 341 g/mol. The van der Waals surface area contributed by atoms with Crippen molar-refractivity contribution in [1.82, 2.24) is 9.55 Å². The molecule has 1 heterocycles. The van der Waals surface area contributed by atoms with E-state index in [-0.39, 0.29) is 12.1 Å². The molecule has 4 nitrogen and oxygen atoms in total. The number of hydrogen-bond acceptors (Lipinski definition) is 3. The second kappa shape index (κ2) is 4.36. The summed E-state index contributed by atoms with van der Waals surface area (Å²) < 4.78 is 2.82. The van der Waals surface area contributed by atoms with Crippen LogP contribution in [0.15, 0.2) is 32.2 Å². The molecule has 1 aromatic carbocycles. The third-order valence-corrected chi connectivity index (χ3v) is 3.15. The molecular formula is C10H5Br2N3O. The normalized spacial score (nSPS) is 10.3. The zero-order valence-electron chi connectivity index (χ0n) is 7.94. The molecule has 0 amide bonds. The van der Waals surface area contributed by atoms with Gasteiger partial charge in [0.05, 0.1) is 23.3 Å². The summed E-state index contributed by atoms with van der Waals surface area (Å²) in [5.41, 5.74) is 0.385. The molecule has 2 aromatic rings. The number of fused-ring (bicyclic) bond motifs is 1. The van der Waals surface area contributed by atoms with Crippen molar-refractivity contribution in [2.45, 2.75) is 6.54 Å². The zero-order chi connectivity index (χ0) is 11.7. The van der Waals surface area contributed by atoms with E-state index >= 15 is 0 Å². The van der Waals surface area contributed by atoms with E-state index in [1.807, 2.05) is 12.1 Å². The quantitative estimate of drug-likeness (QED) is 0.799. The Morgan fingerprint density at radius 3 is 2.88 bits per heavy atom. The maximum absolute atomic E-state index is 12.0. The molecule has 0 aliphatic heterocycles. The van der Waals surface area contributed by atoms with Crippen LogP contribution in [0.4, 0.5) is 0 Å². The standard InChI is InChI=1S/C10H5Br2N3O/c11-6-3-7-9(8(12)4-6)14-5-15(2-1-13)10(7)16/h3-5H,2H2. The van der Waals surface area contributed by atoms with Crippen LogP contribution in [-0.4, -0.2) is 9.55 Å². The summed E-state index contributed by atoms with van der Waals surface area (Å²) in [6.45, 7) is 0.00586. The first-order valence-electron chi connectivity index (χ1n) is 4.34. The first-order valence-corrected chi connectivity index (χ1v) is 5.93. The molecule has 0 atom stereocenters. The summed E-state index contributed by atoms with van der Waals surface area (Å²) in [5, 5.41) is 9.05. The summed E-state index contributed by atoms with van der Waals surface area (Å²) in [4.78, 5) is 16.1. The number of halogens is 2. The van der Waals surface area contributed by atoms with E-state index < -0.39 is 0 Å². The Morgan fingerprint density at radius 2 is 2.19 bits per heavy atom. The van der Waals surface area contributed by atoms with Gasteiger partial charge in [-0.25, -0.2) is 4.98 Å². The summed E-state index contributed by atoms with van der Waals surface area (Å²) in [6, 6.07) is 5.44. The fraction of sp³-hybridized carbons (Fsp3) is 0.100. The fourth-order valence-corrected chi connectivity index (χ4v) is 2.71. The molecule has 0 saturated carbocycles. The summed E-state index contributed by atoms with van der Waals surface area (Å²) >= 11 is 6.65. The van der Waals surface area contributed by atoms with Crippen LogP contribution in [-0.2, 0) is 6.54 Å². The average Bonchev–Trinajstić information content (AvgIpc) is 2.23. The van der Waals surface area contributed by atoms with Gasteiger partial charge < -0.3 is 0 Å². The summed E-state index contributed by atoms with van der Waals surface area (Å²) in [5.74, 6) is 0. The Morgan fingerprint density at radius 1 is 1.44 bits per heavy atom. The van der Waals surface area contributed by atoms with E-state index in [9.17, 15) is 4.79 Å². The van der Waals surface area contributed by atoms with Crippen LogP contribution in [0.1, 0.15) is 0 Å². The highest BCUT2D eigenvalue weighted by Crippen LogP contribution is 2.24. The van der Waals surface area contributed by atoms with Crippen LogP contribution in [0.3, 0.4) is 0 Å². The molecule has 80 valence electrons. The van der Waals surface area contributed by atoms with Crippen LogP contribution in [0, 0.1) is 11.3 Å². The minimum Gasteiger partial charge on any atom is -0.285 e. The predicted molar refractivity (Wildman–Crippen MR) is 67.0 cm³/mol. The summed E-state index contributed by atoms with van der Waals surface area (Å²) in [6.07, 6.45) is 1.38. The van der Waals surface area contributed by atoms with E-state index in [0.717, 1.165) is 8.95 Å². The van der Waals surface area contributed by atoms with Gasteiger partial charge in [-0.05, 0) is 28.1 Å². The molecule has 0 bridgehead atoms. The third kappa shape index (κ3) is 1.88. The minimum atomic E-state index is -0.214. The van der Waals surface area contributed by atoms with E-state index in [2.05, 4.69) is 36.8 Å². The maximum Gasteiger partial charge on any atom is 0.262 e. The van der Waals surface area contributed by atoms with Crippen LogP contribution >= 0.6 is 31.9 Å². The highest BCUT2D eigenvalue weighted by atomic mass is 79.9. The van der Waals surface area contributed by atoms with Gasteiger partial charge in [0.15, 0.2) is 0 Å². The molecule has 0 unspecified atom stereocenters. The Hall–Kier alpha value is -1.19. The van der Waals surface area contributed by atoms with Crippen molar-refractivity contribution < 1.29 is 0 Å². The topological polar surface area (TPSA) is 58.7 Å². The lowest BCUT2D eigenvalue weighted by molar-refractivity contribution is 0.775. The van der Waals surface area contributed by atoms with Gasteiger partial charge in [0.1, 0.15) is 6.54 Å². The number of nitrogens with zero attached hydrogens (tertiary/aromatic N) is 3. The Balaban J connectivity index is 2.85.